The van der Waals surface area contributed by atoms with E-state index in [1.165, 1.54) is 123 Å². The average Bonchev–Trinajstić information content (AvgIpc) is 3.93. The maximum absolute atomic E-state index is 3.06. The first kappa shape index (κ1) is 58.2. The fourth-order valence-electron chi connectivity index (χ4n) is 9.07. The van der Waals surface area contributed by atoms with Gasteiger partial charge in [-0.3, -0.25) is 0 Å². The number of hydrogen-bond acceptors (Lipinski definition) is 0. The van der Waals surface area contributed by atoms with E-state index in [-0.39, 0.29) is 47.3 Å². The number of hydrogen-bond donors (Lipinski definition) is 0. The van der Waals surface area contributed by atoms with Crippen LogP contribution in [0.5, 0.6) is 0 Å². The van der Waals surface area contributed by atoms with Crippen LogP contribution >= 0.6 is 0 Å². The topological polar surface area (TPSA) is 0 Å². The molecule has 0 spiro atoms. The van der Waals surface area contributed by atoms with Crippen molar-refractivity contribution >= 4 is 28.4 Å². The first-order valence-electron chi connectivity index (χ1n) is 24.7. The summed E-state index contributed by atoms with van der Waals surface area (Å²) in [5.74, 6) is 0. The molecule has 0 aromatic heterocycles. The molecule has 0 unspecified atom stereocenters. The van der Waals surface area contributed by atoms with Crippen molar-refractivity contribution in [3.8, 4) is 44.5 Å². The van der Waals surface area contributed by atoms with Crippen LogP contribution in [0.3, 0.4) is 0 Å². The van der Waals surface area contributed by atoms with Crippen LogP contribution in [0.15, 0.2) is 146 Å². The standard InChI is InChI=1S/2C33H39.2CH3.Si.Zr/c2*1-31(2,3)24-14-10-22(11-15-24)27-18-19-28(23-12-16-25(17-13-23)32(4,5)6)30-21-26(20-29(27)30)33(7,8)9;;;;/h2*10-21H,1-9H3;2*1H3;;/q4*-1;;. The molecule has 0 bridgehead atoms. The number of fused-ring (bicyclic) bond motifs is 2. The van der Waals surface area contributed by atoms with Crippen LogP contribution in [0.1, 0.15) is 158 Å². The van der Waals surface area contributed by atoms with Gasteiger partial charge in [-0.05, 0) is 65.9 Å². The second-order valence-electron chi connectivity index (χ2n) is 25.3. The van der Waals surface area contributed by atoms with E-state index in [0.29, 0.717) is 0 Å². The minimum atomic E-state index is 0. The van der Waals surface area contributed by atoms with Crippen LogP contribution in [0.2, 0.25) is 0 Å². The Morgan fingerprint density at radius 1 is 0.286 bits per heavy atom. The summed E-state index contributed by atoms with van der Waals surface area (Å²) < 4.78 is 0. The van der Waals surface area contributed by atoms with Gasteiger partial charge >= 0.3 is 30.2 Å². The molecule has 8 aromatic rings. The zero-order valence-corrected chi connectivity index (χ0v) is 50.3. The van der Waals surface area contributed by atoms with E-state index in [9.17, 15) is 0 Å². The van der Waals surface area contributed by atoms with Crippen molar-refractivity contribution in [1.82, 2.24) is 0 Å². The van der Waals surface area contributed by atoms with Crippen LogP contribution in [-0.4, -0.2) is 6.88 Å². The van der Waals surface area contributed by atoms with Gasteiger partial charge in [-0.15, -0.1) is 44.8 Å². The van der Waals surface area contributed by atoms with E-state index in [2.05, 4.69) is 277 Å². The van der Waals surface area contributed by atoms with Gasteiger partial charge in [0.05, 0.1) is 0 Å². The Hall–Kier alpha value is -4.36. The van der Waals surface area contributed by atoms with Gasteiger partial charge in [0.15, 0.2) is 0 Å². The Morgan fingerprint density at radius 3 is 0.686 bits per heavy atom. The molecule has 368 valence electrons. The zero-order valence-electron chi connectivity index (χ0n) is 46.9. The van der Waals surface area contributed by atoms with Gasteiger partial charge in [-0.2, -0.15) is 12.1 Å². The SMILES string of the molecule is CC(C)(C)c1ccc(-c2ccc(-c3ccc(C(C)(C)C)cc3)c3[cH-]c(C(C)(C)C)cc23)cc1.CC(C)(C)c1ccc(-c2ccc(-c3ccc(C(C)(C)C)cc3)c3[cH-]c(C(C)(C)C)cc23)cc1.[CH3-].[CH3-].[Si]=[Zr]. The van der Waals surface area contributed by atoms with Crippen molar-refractivity contribution in [2.45, 2.75) is 157 Å². The van der Waals surface area contributed by atoms with Gasteiger partial charge in [0, 0.05) is 0 Å². The average molecular weight is 1020 g/mol. The van der Waals surface area contributed by atoms with Gasteiger partial charge in [0.1, 0.15) is 0 Å². The van der Waals surface area contributed by atoms with E-state index in [1.807, 2.05) is 0 Å². The van der Waals surface area contributed by atoms with Crippen LogP contribution < -0.4 is 0 Å². The van der Waals surface area contributed by atoms with E-state index >= 15 is 0 Å². The molecule has 2 radical (unpaired) electrons. The van der Waals surface area contributed by atoms with Gasteiger partial charge < -0.3 is 14.9 Å². The molecule has 0 aliphatic heterocycles. The summed E-state index contributed by atoms with van der Waals surface area (Å²) >= 11 is 1.36. The molecule has 0 aliphatic rings. The predicted molar refractivity (Wildman–Crippen MR) is 312 cm³/mol. The van der Waals surface area contributed by atoms with Gasteiger partial charge in [-0.1, -0.05) is 279 Å². The van der Waals surface area contributed by atoms with Gasteiger partial charge in [-0.25, -0.2) is 0 Å². The van der Waals surface area contributed by atoms with Crippen LogP contribution in [0.25, 0.3) is 66.1 Å². The Balaban J connectivity index is 0.000000286. The molecular formula is C68H84SiZr-4. The second kappa shape index (κ2) is 21.8. The summed E-state index contributed by atoms with van der Waals surface area (Å²) in [5.41, 5.74) is 19.6. The van der Waals surface area contributed by atoms with Crippen molar-refractivity contribution < 1.29 is 23.3 Å². The maximum atomic E-state index is 3.06. The van der Waals surface area contributed by atoms with Crippen molar-refractivity contribution in [3.63, 3.8) is 0 Å². The van der Waals surface area contributed by atoms with E-state index in [1.54, 1.807) is 0 Å². The molecule has 0 saturated heterocycles. The molecule has 0 atom stereocenters. The molecule has 0 fully saturated rings. The van der Waals surface area contributed by atoms with Crippen molar-refractivity contribution in [1.29, 1.82) is 0 Å². The molecule has 8 aromatic carbocycles. The first-order valence-corrected chi connectivity index (χ1v) is 28.9. The number of rotatable bonds is 4. The minimum absolute atomic E-state index is 0. The zero-order chi connectivity index (χ0) is 50.4. The third-order valence-corrected chi connectivity index (χ3v) is 13.8. The molecule has 8 rings (SSSR count). The van der Waals surface area contributed by atoms with Gasteiger partial charge in [0.2, 0.25) is 0 Å². The first-order chi connectivity index (χ1) is 31.5. The molecule has 0 amide bonds. The summed E-state index contributed by atoms with van der Waals surface area (Å²) in [6.45, 7) is 44.1. The summed E-state index contributed by atoms with van der Waals surface area (Å²) in [4.78, 5) is 0. The summed E-state index contributed by atoms with van der Waals surface area (Å²) in [6, 6.07) is 55.5. The summed E-state index contributed by atoms with van der Waals surface area (Å²) in [7, 11) is 0. The van der Waals surface area contributed by atoms with Crippen LogP contribution in [-0.2, 0) is 55.8 Å². The van der Waals surface area contributed by atoms with E-state index in [0.717, 1.165) is 0 Å². The van der Waals surface area contributed by atoms with Crippen molar-refractivity contribution in [3.05, 3.63) is 194 Å². The fourth-order valence-corrected chi connectivity index (χ4v) is 9.07. The molecule has 2 heteroatoms. The van der Waals surface area contributed by atoms with Crippen molar-refractivity contribution in [2.75, 3.05) is 0 Å². The van der Waals surface area contributed by atoms with Gasteiger partial charge in [0.25, 0.3) is 0 Å². The Kier molecular flexibility index (Phi) is 18.1. The van der Waals surface area contributed by atoms with Crippen LogP contribution in [0.4, 0.5) is 0 Å². The number of benzene rings is 6. The van der Waals surface area contributed by atoms with Crippen molar-refractivity contribution in [2.24, 2.45) is 0 Å². The predicted octanol–water partition coefficient (Wildman–Crippen LogP) is 20.1. The third-order valence-electron chi connectivity index (χ3n) is 13.8. The molecular weight excluding hydrogens is 936 g/mol. The Bertz CT molecular complexity index is 2560. The Morgan fingerprint density at radius 2 is 0.486 bits per heavy atom. The van der Waals surface area contributed by atoms with E-state index in [4.69, 9.17) is 0 Å². The summed E-state index contributed by atoms with van der Waals surface area (Å²) in [5, 5.41) is 5.39. The fraction of sp³-hybridized carbons (Fsp3) is 0.353. The van der Waals surface area contributed by atoms with E-state index < -0.39 is 0 Å². The Labute approximate surface area is 444 Å². The quantitative estimate of drug-likeness (QED) is 0.122. The molecule has 0 aliphatic carbocycles. The molecule has 0 N–H and O–H groups in total. The molecule has 0 nitrogen and oxygen atoms in total. The second-order valence-corrected chi connectivity index (χ2v) is 25.3. The molecule has 0 heterocycles. The normalized spacial score (nSPS) is 12.3. The monoisotopic (exact) mass is 1020 g/mol. The third kappa shape index (κ3) is 13.2. The molecule has 0 saturated carbocycles. The van der Waals surface area contributed by atoms with Crippen LogP contribution in [0, 0.1) is 14.9 Å². The molecule has 70 heavy (non-hydrogen) atoms. The summed E-state index contributed by atoms with van der Waals surface area (Å²) in [6.07, 6.45) is 0.